The lowest BCUT2D eigenvalue weighted by atomic mass is 10.1. The summed E-state index contributed by atoms with van der Waals surface area (Å²) in [6.45, 7) is 1.80. The fraction of sp³-hybridized carbons (Fsp3) is 0.214. The molecular formula is C14H15NO2. The zero-order valence-corrected chi connectivity index (χ0v) is 9.73. The quantitative estimate of drug-likeness (QED) is 0.766. The van der Waals surface area contributed by atoms with Gasteiger partial charge in [0.15, 0.2) is 0 Å². The van der Waals surface area contributed by atoms with Gasteiger partial charge in [0.05, 0.1) is 0 Å². The van der Waals surface area contributed by atoms with Gasteiger partial charge in [0, 0.05) is 11.3 Å². The third-order valence-corrected chi connectivity index (χ3v) is 2.71. The van der Waals surface area contributed by atoms with Crippen LogP contribution in [0.4, 0.5) is 5.69 Å². The predicted octanol–water partition coefficient (Wildman–Crippen LogP) is 2.92. The van der Waals surface area contributed by atoms with E-state index in [0.717, 1.165) is 18.4 Å². The van der Waals surface area contributed by atoms with E-state index in [4.69, 9.17) is 0 Å². The number of allylic oxidation sites excluding steroid dienone is 2. The Hall–Kier alpha value is -2.03. The largest absolute Gasteiger partial charge is 0.508 e. The van der Waals surface area contributed by atoms with Crippen molar-refractivity contribution in [1.82, 2.24) is 0 Å². The first kappa shape index (κ1) is 11.5. The Morgan fingerprint density at radius 3 is 2.82 bits per heavy atom. The summed E-state index contributed by atoms with van der Waals surface area (Å²) in [7, 11) is 0. The van der Waals surface area contributed by atoms with Crippen LogP contribution < -0.4 is 5.32 Å². The lowest BCUT2D eigenvalue weighted by molar-refractivity contribution is -0.112. The summed E-state index contributed by atoms with van der Waals surface area (Å²) >= 11 is 0. The van der Waals surface area contributed by atoms with Gasteiger partial charge in [-0.3, -0.25) is 4.79 Å². The number of benzene rings is 1. The van der Waals surface area contributed by atoms with Crippen LogP contribution in [0.25, 0.3) is 0 Å². The van der Waals surface area contributed by atoms with Crippen LogP contribution in [0.1, 0.15) is 18.4 Å². The summed E-state index contributed by atoms with van der Waals surface area (Å²) in [6, 6.07) is 5.02. The van der Waals surface area contributed by atoms with E-state index in [2.05, 4.69) is 5.32 Å². The molecule has 1 amide bonds. The van der Waals surface area contributed by atoms with Gasteiger partial charge in [-0.1, -0.05) is 18.2 Å². The number of phenolic OH excluding ortho intramolecular Hbond substituents is 1. The maximum absolute atomic E-state index is 11.9. The van der Waals surface area contributed by atoms with Crippen molar-refractivity contribution in [3.05, 3.63) is 47.6 Å². The van der Waals surface area contributed by atoms with Gasteiger partial charge in [0.25, 0.3) is 5.91 Å². The van der Waals surface area contributed by atoms with Gasteiger partial charge in [-0.15, -0.1) is 0 Å². The normalized spacial score (nSPS) is 14.3. The van der Waals surface area contributed by atoms with Crippen molar-refractivity contribution in [2.75, 3.05) is 5.32 Å². The van der Waals surface area contributed by atoms with Crippen LogP contribution in [0.2, 0.25) is 0 Å². The number of carbonyl (C=O) groups excluding carboxylic acids is 1. The number of anilines is 1. The molecule has 0 radical (unpaired) electrons. The van der Waals surface area contributed by atoms with E-state index in [1.165, 1.54) is 0 Å². The number of nitrogens with one attached hydrogen (secondary N) is 1. The van der Waals surface area contributed by atoms with Gasteiger partial charge in [0.1, 0.15) is 5.75 Å². The summed E-state index contributed by atoms with van der Waals surface area (Å²) in [5.41, 5.74) is 2.14. The maximum atomic E-state index is 11.9. The molecular weight excluding hydrogens is 214 g/mol. The second kappa shape index (κ2) is 4.87. The minimum Gasteiger partial charge on any atom is -0.508 e. The van der Waals surface area contributed by atoms with Crippen LogP contribution in [0.5, 0.6) is 5.75 Å². The highest BCUT2D eigenvalue weighted by Gasteiger charge is 2.09. The summed E-state index contributed by atoms with van der Waals surface area (Å²) in [5, 5.41) is 12.2. The SMILES string of the molecule is Cc1cc(NC(=O)C2=CCCC=C2)ccc1O. The van der Waals surface area contributed by atoms with Crippen LogP contribution in [-0.4, -0.2) is 11.0 Å². The Kier molecular flexibility index (Phi) is 3.28. The summed E-state index contributed by atoms with van der Waals surface area (Å²) in [4.78, 5) is 11.9. The third-order valence-electron chi connectivity index (χ3n) is 2.71. The van der Waals surface area contributed by atoms with E-state index in [1.54, 1.807) is 25.1 Å². The van der Waals surface area contributed by atoms with E-state index < -0.39 is 0 Å². The second-order valence-electron chi connectivity index (χ2n) is 4.09. The molecule has 3 nitrogen and oxygen atoms in total. The van der Waals surface area contributed by atoms with Gasteiger partial charge < -0.3 is 10.4 Å². The molecule has 1 aromatic rings. The van der Waals surface area contributed by atoms with E-state index in [9.17, 15) is 9.90 Å². The van der Waals surface area contributed by atoms with Crippen LogP contribution in [0.3, 0.4) is 0 Å². The Morgan fingerprint density at radius 1 is 1.35 bits per heavy atom. The molecule has 0 atom stereocenters. The first-order chi connectivity index (χ1) is 8.16. The Labute approximate surface area is 100 Å². The zero-order chi connectivity index (χ0) is 12.3. The smallest absolute Gasteiger partial charge is 0.255 e. The lowest BCUT2D eigenvalue weighted by Gasteiger charge is -2.09. The number of carbonyl (C=O) groups is 1. The number of amides is 1. The van der Waals surface area contributed by atoms with Crippen molar-refractivity contribution in [3.63, 3.8) is 0 Å². The molecule has 0 saturated heterocycles. The van der Waals surface area contributed by atoms with Crippen LogP contribution in [0, 0.1) is 6.92 Å². The number of hydrogen-bond acceptors (Lipinski definition) is 2. The molecule has 0 aliphatic heterocycles. The van der Waals surface area contributed by atoms with Gasteiger partial charge >= 0.3 is 0 Å². The Balaban J connectivity index is 2.10. The molecule has 0 unspecified atom stereocenters. The Morgan fingerprint density at radius 2 is 2.18 bits per heavy atom. The molecule has 0 spiro atoms. The van der Waals surface area contributed by atoms with Crippen molar-refractivity contribution in [2.45, 2.75) is 19.8 Å². The third kappa shape index (κ3) is 2.75. The summed E-state index contributed by atoms with van der Waals surface area (Å²) in [5.74, 6) is 0.130. The molecule has 0 heterocycles. The average molecular weight is 229 g/mol. The number of rotatable bonds is 2. The summed E-state index contributed by atoms with van der Waals surface area (Å²) in [6.07, 6.45) is 7.68. The van der Waals surface area contributed by atoms with Crippen molar-refractivity contribution < 1.29 is 9.90 Å². The molecule has 1 aliphatic rings. The van der Waals surface area contributed by atoms with Gasteiger partial charge in [-0.05, 0) is 43.5 Å². The average Bonchev–Trinajstić information content (AvgIpc) is 2.35. The summed E-state index contributed by atoms with van der Waals surface area (Å²) < 4.78 is 0. The zero-order valence-electron chi connectivity index (χ0n) is 9.73. The van der Waals surface area contributed by atoms with Crippen molar-refractivity contribution >= 4 is 11.6 Å². The molecule has 3 heteroatoms. The molecule has 2 N–H and O–H groups in total. The van der Waals surface area contributed by atoms with Crippen molar-refractivity contribution in [3.8, 4) is 5.75 Å². The van der Waals surface area contributed by atoms with Gasteiger partial charge in [0.2, 0.25) is 0 Å². The highest BCUT2D eigenvalue weighted by Crippen LogP contribution is 2.21. The standard InChI is InChI=1S/C14H15NO2/c1-10-9-12(7-8-13(10)16)15-14(17)11-5-3-2-4-6-11/h3,5-9,16H,2,4H2,1H3,(H,15,17). The number of aromatic hydroxyl groups is 1. The topological polar surface area (TPSA) is 49.3 Å². The number of phenols is 1. The fourth-order valence-corrected chi connectivity index (χ4v) is 1.72. The molecule has 1 aliphatic carbocycles. The van der Waals surface area contributed by atoms with Crippen molar-refractivity contribution in [2.24, 2.45) is 0 Å². The van der Waals surface area contributed by atoms with E-state index >= 15 is 0 Å². The molecule has 88 valence electrons. The maximum Gasteiger partial charge on any atom is 0.255 e. The molecule has 0 bridgehead atoms. The molecule has 0 aromatic heterocycles. The second-order valence-corrected chi connectivity index (χ2v) is 4.09. The molecule has 17 heavy (non-hydrogen) atoms. The number of hydrogen-bond donors (Lipinski definition) is 2. The van der Waals surface area contributed by atoms with E-state index in [1.807, 2.05) is 18.2 Å². The first-order valence-electron chi connectivity index (χ1n) is 5.64. The minimum absolute atomic E-state index is 0.106. The first-order valence-corrected chi connectivity index (χ1v) is 5.64. The molecule has 0 fully saturated rings. The Bertz CT molecular complexity index is 501. The highest BCUT2D eigenvalue weighted by molar-refractivity contribution is 6.05. The minimum atomic E-state index is -0.106. The predicted molar refractivity (Wildman–Crippen MR) is 67.9 cm³/mol. The molecule has 1 aromatic carbocycles. The van der Waals surface area contributed by atoms with Crippen LogP contribution in [-0.2, 0) is 4.79 Å². The fourth-order valence-electron chi connectivity index (χ4n) is 1.72. The van der Waals surface area contributed by atoms with E-state index in [-0.39, 0.29) is 11.7 Å². The monoisotopic (exact) mass is 229 g/mol. The van der Waals surface area contributed by atoms with E-state index in [0.29, 0.717) is 11.3 Å². The molecule has 2 rings (SSSR count). The number of aryl methyl sites for hydroxylation is 1. The highest BCUT2D eigenvalue weighted by atomic mass is 16.3. The van der Waals surface area contributed by atoms with Crippen LogP contribution >= 0.6 is 0 Å². The lowest BCUT2D eigenvalue weighted by Crippen LogP contribution is -2.14. The van der Waals surface area contributed by atoms with Gasteiger partial charge in [-0.2, -0.15) is 0 Å². The van der Waals surface area contributed by atoms with Gasteiger partial charge in [-0.25, -0.2) is 0 Å². The molecule has 0 saturated carbocycles. The van der Waals surface area contributed by atoms with Crippen molar-refractivity contribution in [1.29, 1.82) is 0 Å². The van der Waals surface area contributed by atoms with Crippen LogP contribution in [0.15, 0.2) is 42.0 Å².